The first kappa shape index (κ1) is 21.5. The third-order valence-electron chi connectivity index (χ3n) is 4.87. The molecular weight excluding hydrogens is 394 g/mol. The lowest BCUT2D eigenvalue weighted by Crippen LogP contribution is -2.42. The van der Waals surface area contributed by atoms with Crippen molar-refractivity contribution in [3.63, 3.8) is 0 Å². The first-order valence-corrected chi connectivity index (χ1v) is 10.8. The van der Waals surface area contributed by atoms with Crippen molar-refractivity contribution in [2.45, 2.75) is 31.9 Å². The summed E-state index contributed by atoms with van der Waals surface area (Å²) in [5.74, 6) is 1.16. The summed E-state index contributed by atoms with van der Waals surface area (Å²) in [5.41, 5.74) is 0.939. The second kappa shape index (κ2) is 11.1. The summed E-state index contributed by atoms with van der Waals surface area (Å²) in [5, 5.41) is 8.84. The van der Waals surface area contributed by atoms with Crippen LogP contribution in [0, 0.1) is 0 Å². The number of halogens is 2. The van der Waals surface area contributed by atoms with E-state index in [1.807, 2.05) is 6.07 Å². The molecule has 2 N–H and O–H groups in total. The van der Waals surface area contributed by atoms with E-state index in [1.165, 1.54) is 17.7 Å². The van der Waals surface area contributed by atoms with Gasteiger partial charge in [-0.1, -0.05) is 18.2 Å². The summed E-state index contributed by atoms with van der Waals surface area (Å²) < 4.78 is 29.7. The molecule has 2 aromatic rings. The van der Waals surface area contributed by atoms with Crippen LogP contribution in [0.4, 0.5) is 8.78 Å². The van der Waals surface area contributed by atoms with E-state index in [0.29, 0.717) is 24.3 Å². The zero-order chi connectivity index (χ0) is 20.5. The summed E-state index contributed by atoms with van der Waals surface area (Å²) in [6.45, 7) is 2.96. The van der Waals surface area contributed by atoms with Crippen LogP contribution in [-0.4, -0.2) is 50.6 Å². The van der Waals surface area contributed by atoms with Crippen LogP contribution in [0.5, 0.6) is 5.75 Å². The lowest BCUT2D eigenvalue weighted by molar-refractivity contribution is 0.0818. The minimum absolute atomic E-state index is 0.335. The number of alkyl halides is 2. The maximum Gasteiger partial charge on any atom is 0.272 e. The molecule has 0 spiro atoms. The van der Waals surface area contributed by atoms with Crippen molar-refractivity contribution in [3.05, 3.63) is 52.2 Å². The Morgan fingerprint density at radius 1 is 1.21 bits per heavy atom. The van der Waals surface area contributed by atoms with E-state index in [2.05, 4.69) is 38.0 Å². The third-order valence-corrected chi connectivity index (χ3v) is 5.85. The first-order chi connectivity index (χ1) is 14.2. The zero-order valence-electron chi connectivity index (χ0n) is 16.6. The molecule has 1 aliphatic rings. The van der Waals surface area contributed by atoms with Gasteiger partial charge in [-0.2, -0.15) is 0 Å². The fourth-order valence-corrected chi connectivity index (χ4v) is 4.31. The van der Waals surface area contributed by atoms with Crippen LogP contribution >= 0.6 is 11.3 Å². The molecule has 0 amide bonds. The van der Waals surface area contributed by atoms with Gasteiger partial charge in [-0.3, -0.25) is 9.89 Å². The van der Waals surface area contributed by atoms with E-state index in [9.17, 15) is 8.78 Å². The standard InChI is InChI=1S/C21H28F2N4OS/c1-24-21(25-13-16-6-4-7-17(12-16)28-15-20(22)23)26-14-18(19-8-5-11-29-19)27-9-2-3-10-27/h4-8,11-12,18,20H,2-3,9-10,13-15H2,1H3,(H2,24,25,26). The Bertz CT molecular complexity index is 764. The summed E-state index contributed by atoms with van der Waals surface area (Å²) >= 11 is 1.79. The predicted octanol–water partition coefficient (Wildman–Crippen LogP) is 3.89. The zero-order valence-corrected chi connectivity index (χ0v) is 17.4. The Balaban J connectivity index is 1.53. The number of rotatable bonds is 9. The molecule has 1 aromatic heterocycles. The van der Waals surface area contributed by atoms with E-state index in [-0.39, 0.29) is 0 Å². The highest BCUT2D eigenvalue weighted by molar-refractivity contribution is 7.10. The van der Waals surface area contributed by atoms with Crippen molar-refractivity contribution < 1.29 is 13.5 Å². The Kier molecular flexibility index (Phi) is 8.25. The molecule has 1 fully saturated rings. The Morgan fingerprint density at radius 3 is 2.72 bits per heavy atom. The highest BCUT2D eigenvalue weighted by Gasteiger charge is 2.24. The van der Waals surface area contributed by atoms with Crippen molar-refractivity contribution in [1.29, 1.82) is 0 Å². The number of hydrogen-bond donors (Lipinski definition) is 2. The van der Waals surface area contributed by atoms with Gasteiger partial charge in [0.2, 0.25) is 0 Å². The Labute approximate surface area is 174 Å². The van der Waals surface area contributed by atoms with E-state index < -0.39 is 13.0 Å². The largest absolute Gasteiger partial charge is 0.488 e. The Hall–Kier alpha value is -2.19. The molecule has 0 radical (unpaired) electrons. The summed E-state index contributed by atoms with van der Waals surface area (Å²) in [7, 11) is 1.74. The number of aliphatic imine (C=N–C) groups is 1. The lowest BCUT2D eigenvalue weighted by atomic mass is 10.2. The molecule has 0 saturated carbocycles. The van der Waals surface area contributed by atoms with E-state index in [1.54, 1.807) is 36.6 Å². The third kappa shape index (κ3) is 6.68. The molecule has 1 aliphatic heterocycles. The van der Waals surface area contributed by atoms with E-state index >= 15 is 0 Å². The maximum atomic E-state index is 12.3. The molecule has 158 valence electrons. The van der Waals surface area contributed by atoms with Crippen LogP contribution in [0.15, 0.2) is 46.8 Å². The first-order valence-electron chi connectivity index (χ1n) is 9.87. The molecule has 0 bridgehead atoms. The number of nitrogens with one attached hydrogen (secondary N) is 2. The number of thiophene rings is 1. The summed E-state index contributed by atoms with van der Waals surface area (Å²) in [6, 6.07) is 11.8. The second-order valence-electron chi connectivity index (χ2n) is 6.93. The van der Waals surface area contributed by atoms with Crippen LogP contribution in [-0.2, 0) is 6.54 Å². The quantitative estimate of drug-likeness (QED) is 0.475. The topological polar surface area (TPSA) is 48.9 Å². The normalized spacial score (nSPS) is 16.2. The average Bonchev–Trinajstić information content (AvgIpc) is 3.44. The van der Waals surface area contributed by atoms with Crippen molar-refractivity contribution in [2.24, 2.45) is 4.99 Å². The van der Waals surface area contributed by atoms with Gasteiger partial charge in [0.1, 0.15) is 12.4 Å². The van der Waals surface area contributed by atoms with Crippen molar-refractivity contribution in [1.82, 2.24) is 15.5 Å². The molecule has 29 heavy (non-hydrogen) atoms. The van der Waals surface area contributed by atoms with Crippen molar-refractivity contribution in [2.75, 3.05) is 33.3 Å². The fraction of sp³-hybridized carbons (Fsp3) is 0.476. The minimum atomic E-state index is -2.48. The minimum Gasteiger partial charge on any atom is -0.488 e. The fourth-order valence-electron chi connectivity index (χ4n) is 3.45. The molecular formula is C21H28F2N4OS. The number of guanidine groups is 1. The highest BCUT2D eigenvalue weighted by Crippen LogP contribution is 2.27. The monoisotopic (exact) mass is 422 g/mol. The molecule has 1 aromatic carbocycles. The molecule has 8 heteroatoms. The van der Waals surface area contributed by atoms with Gasteiger partial charge in [-0.25, -0.2) is 8.78 Å². The number of benzene rings is 1. The van der Waals surface area contributed by atoms with Gasteiger partial charge >= 0.3 is 0 Å². The van der Waals surface area contributed by atoms with Crippen LogP contribution < -0.4 is 15.4 Å². The molecule has 1 saturated heterocycles. The molecule has 2 heterocycles. The van der Waals surface area contributed by atoms with Gasteiger partial charge in [-0.05, 0) is 55.1 Å². The van der Waals surface area contributed by atoms with Gasteiger partial charge in [0, 0.05) is 25.0 Å². The van der Waals surface area contributed by atoms with E-state index in [0.717, 1.165) is 25.2 Å². The van der Waals surface area contributed by atoms with E-state index in [4.69, 9.17) is 4.74 Å². The van der Waals surface area contributed by atoms with Crippen LogP contribution in [0.3, 0.4) is 0 Å². The molecule has 3 rings (SSSR count). The van der Waals surface area contributed by atoms with Gasteiger partial charge in [-0.15, -0.1) is 11.3 Å². The average molecular weight is 423 g/mol. The number of nitrogens with zero attached hydrogens (tertiary/aromatic N) is 2. The predicted molar refractivity (Wildman–Crippen MR) is 114 cm³/mol. The maximum absolute atomic E-state index is 12.3. The highest BCUT2D eigenvalue weighted by atomic mass is 32.1. The van der Waals surface area contributed by atoms with Crippen LogP contribution in [0.25, 0.3) is 0 Å². The summed E-state index contributed by atoms with van der Waals surface area (Å²) in [4.78, 5) is 8.20. The number of ether oxygens (including phenoxy) is 1. The van der Waals surface area contributed by atoms with Crippen LogP contribution in [0.2, 0.25) is 0 Å². The molecule has 1 atom stereocenters. The Morgan fingerprint density at radius 2 is 2.03 bits per heavy atom. The van der Waals surface area contributed by atoms with Crippen molar-refractivity contribution >= 4 is 17.3 Å². The van der Waals surface area contributed by atoms with Gasteiger partial charge in [0.25, 0.3) is 6.43 Å². The number of hydrogen-bond acceptors (Lipinski definition) is 4. The molecule has 0 aliphatic carbocycles. The number of likely N-dealkylation sites (tertiary alicyclic amines) is 1. The second-order valence-corrected chi connectivity index (χ2v) is 7.91. The van der Waals surface area contributed by atoms with Gasteiger partial charge in [0.15, 0.2) is 5.96 Å². The SMILES string of the molecule is CN=C(NCc1cccc(OCC(F)F)c1)NCC(c1cccs1)N1CCCC1. The molecule has 5 nitrogen and oxygen atoms in total. The molecule has 1 unspecified atom stereocenters. The van der Waals surface area contributed by atoms with Gasteiger partial charge in [0.05, 0.1) is 6.04 Å². The lowest BCUT2D eigenvalue weighted by Gasteiger charge is -2.27. The van der Waals surface area contributed by atoms with Crippen LogP contribution in [0.1, 0.15) is 29.3 Å². The summed E-state index contributed by atoms with van der Waals surface area (Å²) in [6.07, 6.45) is 0.0178. The van der Waals surface area contributed by atoms with Crippen molar-refractivity contribution in [3.8, 4) is 5.75 Å². The van der Waals surface area contributed by atoms with Gasteiger partial charge < -0.3 is 15.4 Å². The smallest absolute Gasteiger partial charge is 0.272 e.